The van der Waals surface area contributed by atoms with Gasteiger partial charge in [0, 0.05) is 11.4 Å². The third-order valence-electron chi connectivity index (χ3n) is 1.68. The minimum absolute atomic E-state index is 0. The van der Waals surface area contributed by atoms with Crippen LogP contribution in [0.15, 0.2) is 22.5 Å². The van der Waals surface area contributed by atoms with Gasteiger partial charge in [-0.25, -0.2) is 4.99 Å². The van der Waals surface area contributed by atoms with E-state index in [9.17, 15) is 0 Å². The summed E-state index contributed by atoms with van der Waals surface area (Å²) in [7, 11) is 0. The molecule has 86 valence electrons. The van der Waals surface area contributed by atoms with E-state index in [0.29, 0.717) is 18.4 Å². The highest BCUT2D eigenvalue weighted by atomic mass is 127. The van der Waals surface area contributed by atoms with E-state index in [-0.39, 0.29) is 24.0 Å². The van der Waals surface area contributed by atoms with Gasteiger partial charge >= 0.3 is 0 Å². The van der Waals surface area contributed by atoms with Crippen molar-refractivity contribution in [2.24, 2.45) is 16.6 Å². The Morgan fingerprint density at radius 2 is 2.33 bits per heavy atom. The fourth-order valence-corrected chi connectivity index (χ4v) is 1.56. The molecule has 0 atom stereocenters. The first-order valence-electron chi connectivity index (χ1n) is 4.74. The number of thiophene rings is 1. The first-order valence-corrected chi connectivity index (χ1v) is 5.62. The van der Waals surface area contributed by atoms with Gasteiger partial charge in [0.25, 0.3) is 0 Å². The minimum atomic E-state index is 0. The molecule has 0 aromatic carbocycles. The van der Waals surface area contributed by atoms with E-state index in [1.165, 1.54) is 4.88 Å². The maximum Gasteiger partial charge on any atom is 0.188 e. The SMILES string of the molecule is CC(C)CNC(N)=NCc1cccs1.I. The Kier molecular flexibility index (Phi) is 7.76. The molecule has 1 rings (SSSR count). The standard InChI is InChI=1S/C10H17N3S.HI/c1-8(2)6-12-10(11)13-7-9-4-3-5-14-9;/h3-5,8H,6-7H2,1-2H3,(H3,11,12,13);1H. The molecule has 0 fully saturated rings. The highest BCUT2D eigenvalue weighted by molar-refractivity contribution is 14.0. The summed E-state index contributed by atoms with van der Waals surface area (Å²) >= 11 is 1.70. The molecule has 0 spiro atoms. The predicted molar refractivity (Wildman–Crippen MR) is 77.9 cm³/mol. The van der Waals surface area contributed by atoms with Gasteiger partial charge in [0.1, 0.15) is 0 Å². The summed E-state index contributed by atoms with van der Waals surface area (Å²) in [6.07, 6.45) is 0. The van der Waals surface area contributed by atoms with Crippen molar-refractivity contribution < 1.29 is 0 Å². The molecule has 0 saturated carbocycles. The van der Waals surface area contributed by atoms with Gasteiger partial charge in [-0.15, -0.1) is 35.3 Å². The predicted octanol–water partition coefficient (Wildman–Crippen LogP) is 2.43. The highest BCUT2D eigenvalue weighted by Crippen LogP contribution is 2.08. The van der Waals surface area contributed by atoms with Crippen LogP contribution < -0.4 is 11.1 Å². The Balaban J connectivity index is 0.00000196. The average molecular weight is 339 g/mol. The summed E-state index contributed by atoms with van der Waals surface area (Å²) in [4.78, 5) is 5.47. The van der Waals surface area contributed by atoms with E-state index in [0.717, 1.165) is 6.54 Å². The van der Waals surface area contributed by atoms with E-state index >= 15 is 0 Å². The molecule has 0 aliphatic rings. The summed E-state index contributed by atoms with van der Waals surface area (Å²) in [5, 5.41) is 5.12. The molecule has 0 aliphatic carbocycles. The van der Waals surface area contributed by atoms with Crippen LogP contribution >= 0.6 is 35.3 Å². The van der Waals surface area contributed by atoms with Crippen molar-refractivity contribution in [2.75, 3.05) is 6.54 Å². The lowest BCUT2D eigenvalue weighted by atomic mass is 10.2. The fourth-order valence-electron chi connectivity index (χ4n) is 0.930. The van der Waals surface area contributed by atoms with Gasteiger partial charge in [0.2, 0.25) is 0 Å². The summed E-state index contributed by atoms with van der Waals surface area (Å²) < 4.78 is 0. The Labute approximate surface area is 112 Å². The van der Waals surface area contributed by atoms with Crippen LogP contribution in [-0.4, -0.2) is 12.5 Å². The molecule has 1 aromatic rings. The Hall–Kier alpha value is -0.300. The molecule has 1 aromatic heterocycles. The number of aliphatic imine (C=N–C) groups is 1. The van der Waals surface area contributed by atoms with Crippen LogP contribution in [0.4, 0.5) is 0 Å². The number of halogens is 1. The normalized spacial score (nSPS) is 11.3. The molecule has 0 radical (unpaired) electrons. The van der Waals surface area contributed by atoms with E-state index in [1.54, 1.807) is 11.3 Å². The van der Waals surface area contributed by atoms with Gasteiger partial charge in [-0.05, 0) is 17.4 Å². The monoisotopic (exact) mass is 339 g/mol. The van der Waals surface area contributed by atoms with Crippen LogP contribution in [0, 0.1) is 5.92 Å². The number of hydrogen-bond acceptors (Lipinski definition) is 2. The Morgan fingerprint density at radius 3 is 2.87 bits per heavy atom. The minimum Gasteiger partial charge on any atom is -0.370 e. The fraction of sp³-hybridized carbons (Fsp3) is 0.500. The average Bonchev–Trinajstić information content (AvgIpc) is 2.63. The number of guanidine groups is 1. The van der Waals surface area contributed by atoms with Crippen molar-refractivity contribution in [3.8, 4) is 0 Å². The molecule has 3 nitrogen and oxygen atoms in total. The Bertz CT molecular complexity index is 283. The molecule has 0 saturated heterocycles. The third-order valence-corrected chi connectivity index (χ3v) is 2.54. The second kappa shape index (κ2) is 7.92. The van der Waals surface area contributed by atoms with Gasteiger partial charge in [-0.1, -0.05) is 19.9 Å². The van der Waals surface area contributed by atoms with E-state index in [1.807, 2.05) is 11.4 Å². The molecular formula is C10H18IN3S. The molecular weight excluding hydrogens is 321 g/mol. The lowest BCUT2D eigenvalue weighted by Gasteiger charge is -2.07. The first-order chi connectivity index (χ1) is 6.68. The summed E-state index contributed by atoms with van der Waals surface area (Å²) in [6.45, 7) is 5.83. The number of rotatable bonds is 4. The zero-order chi connectivity index (χ0) is 10.4. The van der Waals surface area contributed by atoms with Gasteiger partial charge in [0.05, 0.1) is 6.54 Å². The van der Waals surface area contributed by atoms with Crippen LogP contribution in [-0.2, 0) is 6.54 Å². The maximum atomic E-state index is 5.68. The molecule has 0 aliphatic heterocycles. The molecule has 3 N–H and O–H groups in total. The molecule has 5 heteroatoms. The maximum absolute atomic E-state index is 5.68. The molecule has 0 amide bonds. The molecule has 1 heterocycles. The summed E-state index contributed by atoms with van der Waals surface area (Å²) in [6, 6.07) is 4.08. The van der Waals surface area contributed by atoms with Gasteiger partial charge in [0.15, 0.2) is 5.96 Å². The van der Waals surface area contributed by atoms with Crippen LogP contribution in [0.5, 0.6) is 0 Å². The Morgan fingerprint density at radius 1 is 1.60 bits per heavy atom. The van der Waals surface area contributed by atoms with E-state index in [2.05, 4.69) is 30.2 Å². The summed E-state index contributed by atoms with van der Waals surface area (Å²) in [5.74, 6) is 1.12. The van der Waals surface area contributed by atoms with Gasteiger partial charge in [-0.2, -0.15) is 0 Å². The van der Waals surface area contributed by atoms with Crippen molar-refractivity contribution in [1.82, 2.24) is 5.32 Å². The van der Waals surface area contributed by atoms with Crippen molar-refractivity contribution in [3.05, 3.63) is 22.4 Å². The van der Waals surface area contributed by atoms with Crippen LogP contribution in [0.25, 0.3) is 0 Å². The lowest BCUT2D eigenvalue weighted by molar-refractivity contribution is 0.622. The van der Waals surface area contributed by atoms with Gasteiger partial charge < -0.3 is 11.1 Å². The van der Waals surface area contributed by atoms with Crippen molar-refractivity contribution >= 4 is 41.3 Å². The molecule has 0 bridgehead atoms. The van der Waals surface area contributed by atoms with Crippen molar-refractivity contribution in [1.29, 1.82) is 0 Å². The number of nitrogens with one attached hydrogen (secondary N) is 1. The van der Waals surface area contributed by atoms with Crippen LogP contribution in [0.2, 0.25) is 0 Å². The molecule has 15 heavy (non-hydrogen) atoms. The number of nitrogens with two attached hydrogens (primary N) is 1. The lowest BCUT2D eigenvalue weighted by Crippen LogP contribution is -2.34. The quantitative estimate of drug-likeness (QED) is 0.503. The zero-order valence-electron chi connectivity index (χ0n) is 9.06. The largest absolute Gasteiger partial charge is 0.370 e. The number of nitrogens with zero attached hydrogens (tertiary/aromatic N) is 1. The van der Waals surface area contributed by atoms with E-state index < -0.39 is 0 Å². The molecule has 0 unspecified atom stereocenters. The van der Waals surface area contributed by atoms with E-state index in [4.69, 9.17) is 5.73 Å². The second-order valence-electron chi connectivity index (χ2n) is 3.56. The third kappa shape index (κ3) is 6.72. The van der Waals surface area contributed by atoms with Crippen LogP contribution in [0.3, 0.4) is 0 Å². The summed E-state index contributed by atoms with van der Waals surface area (Å²) in [5.41, 5.74) is 5.68. The highest BCUT2D eigenvalue weighted by Gasteiger charge is 1.95. The first kappa shape index (κ1) is 14.7. The number of hydrogen-bond donors (Lipinski definition) is 2. The topological polar surface area (TPSA) is 50.4 Å². The smallest absolute Gasteiger partial charge is 0.188 e. The van der Waals surface area contributed by atoms with Gasteiger partial charge in [-0.3, -0.25) is 0 Å². The zero-order valence-corrected chi connectivity index (χ0v) is 12.2. The second-order valence-corrected chi connectivity index (χ2v) is 4.59. The van der Waals surface area contributed by atoms with Crippen LogP contribution in [0.1, 0.15) is 18.7 Å². The van der Waals surface area contributed by atoms with Crippen molar-refractivity contribution in [2.45, 2.75) is 20.4 Å². The van der Waals surface area contributed by atoms with Crippen molar-refractivity contribution in [3.63, 3.8) is 0 Å².